The molecule has 1 heterocycles. The van der Waals surface area contributed by atoms with E-state index >= 15 is 0 Å². The van der Waals surface area contributed by atoms with Gasteiger partial charge in [0.2, 0.25) is 0 Å². The minimum absolute atomic E-state index is 0.0895. The number of anilines is 2. The Bertz CT molecular complexity index is 464. The molecular weight excluding hydrogens is 246 g/mol. The number of nitrogens with one attached hydrogen (secondary N) is 1. The van der Waals surface area contributed by atoms with Gasteiger partial charge in [0.1, 0.15) is 0 Å². The quantitative estimate of drug-likeness (QED) is 0.695. The highest BCUT2D eigenvalue weighted by atomic mass is 16.5. The van der Waals surface area contributed by atoms with Crippen molar-refractivity contribution < 1.29 is 14.6 Å². The van der Waals surface area contributed by atoms with Crippen LogP contribution < -0.4 is 11.1 Å². The minimum atomic E-state index is -1.02. The van der Waals surface area contributed by atoms with E-state index in [0.717, 1.165) is 13.1 Å². The molecule has 1 aliphatic rings. The van der Waals surface area contributed by atoms with Gasteiger partial charge in [-0.25, -0.2) is 4.79 Å². The highest BCUT2D eigenvalue weighted by Gasteiger charge is 2.18. The minimum Gasteiger partial charge on any atom is -0.478 e. The molecule has 1 saturated heterocycles. The van der Waals surface area contributed by atoms with Gasteiger partial charge in [-0.1, -0.05) is 6.07 Å². The van der Waals surface area contributed by atoms with Crippen molar-refractivity contribution in [1.29, 1.82) is 0 Å². The van der Waals surface area contributed by atoms with Gasteiger partial charge in [-0.2, -0.15) is 0 Å². The Morgan fingerprint density at radius 3 is 3.11 bits per heavy atom. The summed E-state index contributed by atoms with van der Waals surface area (Å²) in [6.07, 6.45) is 0.0895. The van der Waals surface area contributed by atoms with Crippen LogP contribution in [0.25, 0.3) is 0 Å². The maximum absolute atomic E-state index is 11.0. The van der Waals surface area contributed by atoms with E-state index in [1.165, 1.54) is 6.07 Å². The van der Waals surface area contributed by atoms with Crippen LogP contribution in [0, 0.1) is 0 Å². The molecule has 1 fully saturated rings. The largest absolute Gasteiger partial charge is 0.478 e. The van der Waals surface area contributed by atoms with Crippen LogP contribution in [-0.2, 0) is 4.74 Å². The van der Waals surface area contributed by atoms with Gasteiger partial charge in [0.15, 0.2) is 0 Å². The molecule has 1 unspecified atom stereocenters. The van der Waals surface area contributed by atoms with Crippen molar-refractivity contribution in [1.82, 2.24) is 4.90 Å². The summed E-state index contributed by atoms with van der Waals surface area (Å²) < 4.78 is 5.63. The molecule has 4 N–H and O–H groups in total. The standard InChI is InChI=1S/C13H19N3O3/c1-16-5-6-19-9(8-16)7-15-11-4-2-3-10(12(11)14)13(17)18/h2-4,9,15H,5-8,14H2,1H3,(H,17,18). The number of nitrogen functional groups attached to an aromatic ring is 1. The van der Waals surface area contributed by atoms with E-state index in [1.807, 2.05) is 0 Å². The summed E-state index contributed by atoms with van der Waals surface area (Å²) >= 11 is 0. The zero-order chi connectivity index (χ0) is 13.8. The maximum Gasteiger partial charge on any atom is 0.337 e. The smallest absolute Gasteiger partial charge is 0.337 e. The molecule has 19 heavy (non-hydrogen) atoms. The number of carboxylic acid groups (broad SMARTS) is 1. The molecule has 104 valence electrons. The summed E-state index contributed by atoms with van der Waals surface area (Å²) in [7, 11) is 2.05. The third kappa shape index (κ3) is 3.36. The number of carbonyl (C=O) groups is 1. The van der Waals surface area contributed by atoms with Crippen molar-refractivity contribution in [2.24, 2.45) is 0 Å². The maximum atomic E-state index is 11.0. The number of benzene rings is 1. The first-order valence-corrected chi connectivity index (χ1v) is 6.23. The molecule has 0 spiro atoms. The SMILES string of the molecule is CN1CCOC(CNc2cccc(C(=O)O)c2N)C1. The number of ether oxygens (including phenoxy) is 1. The summed E-state index contributed by atoms with van der Waals surface area (Å²) in [4.78, 5) is 13.2. The molecule has 1 aromatic rings. The topological polar surface area (TPSA) is 87.8 Å². The van der Waals surface area contributed by atoms with Crippen molar-refractivity contribution in [3.63, 3.8) is 0 Å². The van der Waals surface area contributed by atoms with Crippen molar-refractivity contribution in [3.8, 4) is 0 Å². The summed E-state index contributed by atoms with van der Waals surface area (Å²) in [6, 6.07) is 4.94. The number of carboxylic acids is 1. The molecule has 0 bridgehead atoms. The van der Waals surface area contributed by atoms with Crippen molar-refractivity contribution in [2.45, 2.75) is 6.10 Å². The van der Waals surface area contributed by atoms with E-state index in [9.17, 15) is 4.79 Å². The number of morpholine rings is 1. The number of hydrogen-bond acceptors (Lipinski definition) is 5. The third-order valence-electron chi connectivity index (χ3n) is 3.20. The van der Waals surface area contributed by atoms with Gasteiger partial charge in [0.05, 0.1) is 29.6 Å². The van der Waals surface area contributed by atoms with Crippen molar-refractivity contribution >= 4 is 17.3 Å². The monoisotopic (exact) mass is 265 g/mol. The molecule has 0 aliphatic carbocycles. The molecule has 1 aromatic carbocycles. The van der Waals surface area contributed by atoms with E-state index in [-0.39, 0.29) is 17.4 Å². The second-order valence-electron chi connectivity index (χ2n) is 4.71. The van der Waals surface area contributed by atoms with E-state index in [0.29, 0.717) is 18.8 Å². The summed E-state index contributed by atoms with van der Waals surface area (Å²) in [5.74, 6) is -1.02. The van der Waals surface area contributed by atoms with Crippen LogP contribution in [-0.4, -0.2) is 55.4 Å². The predicted molar refractivity (Wildman–Crippen MR) is 73.5 cm³/mol. The Morgan fingerprint density at radius 1 is 1.63 bits per heavy atom. The molecule has 0 amide bonds. The van der Waals surface area contributed by atoms with Crippen molar-refractivity contribution in [3.05, 3.63) is 23.8 Å². The van der Waals surface area contributed by atoms with Crippen LogP contribution >= 0.6 is 0 Å². The molecule has 6 nitrogen and oxygen atoms in total. The highest BCUT2D eigenvalue weighted by Crippen LogP contribution is 2.22. The highest BCUT2D eigenvalue weighted by molar-refractivity contribution is 5.97. The lowest BCUT2D eigenvalue weighted by Gasteiger charge is -2.30. The van der Waals surface area contributed by atoms with Gasteiger partial charge in [-0.15, -0.1) is 0 Å². The number of nitrogens with zero attached hydrogens (tertiary/aromatic N) is 1. The zero-order valence-electron chi connectivity index (χ0n) is 10.9. The van der Waals surface area contributed by atoms with Gasteiger partial charge in [-0.3, -0.25) is 0 Å². The molecule has 0 saturated carbocycles. The van der Waals surface area contributed by atoms with Gasteiger partial charge in [0, 0.05) is 19.6 Å². The number of likely N-dealkylation sites (N-methyl/N-ethyl adjacent to an activating group) is 1. The van der Waals surface area contributed by atoms with Gasteiger partial charge in [-0.05, 0) is 19.2 Å². The molecule has 2 rings (SSSR count). The second-order valence-corrected chi connectivity index (χ2v) is 4.71. The summed E-state index contributed by atoms with van der Waals surface area (Å²) in [5.41, 5.74) is 6.85. The number of para-hydroxylation sites is 1. The Labute approximate surface area is 112 Å². The lowest BCUT2D eigenvalue weighted by atomic mass is 10.1. The van der Waals surface area contributed by atoms with Crippen LogP contribution in [0.1, 0.15) is 10.4 Å². The number of aromatic carboxylic acids is 1. The van der Waals surface area contributed by atoms with Crippen LogP contribution in [0.4, 0.5) is 11.4 Å². The molecule has 1 aliphatic heterocycles. The molecule has 1 atom stereocenters. The molecule has 0 radical (unpaired) electrons. The van der Waals surface area contributed by atoms with E-state index in [4.69, 9.17) is 15.6 Å². The fourth-order valence-electron chi connectivity index (χ4n) is 2.12. The van der Waals surface area contributed by atoms with Crippen LogP contribution in [0.5, 0.6) is 0 Å². The molecule has 6 heteroatoms. The first kappa shape index (κ1) is 13.6. The Morgan fingerprint density at radius 2 is 2.42 bits per heavy atom. The fraction of sp³-hybridized carbons (Fsp3) is 0.462. The van der Waals surface area contributed by atoms with Gasteiger partial charge < -0.3 is 25.8 Å². The van der Waals surface area contributed by atoms with Crippen LogP contribution in [0.2, 0.25) is 0 Å². The Kier molecular flexibility index (Phi) is 4.24. The molecular formula is C13H19N3O3. The van der Waals surface area contributed by atoms with Crippen molar-refractivity contribution in [2.75, 3.05) is 44.3 Å². The number of hydrogen-bond donors (Lipinski definition) is 3. The zero-order valence-corrected chi connectivity index (χ0v) is 10.9. The molecule has 0 aromatic heterocycles. The summed E-state index contributed by atoms with van der Waals surface area (Å²) in [6.45, 7) is 3.11. The summed E-state index contributed by atoms with van der Waals surface area (Å²) in [5, 5.41) is 12.2. The van der Waals surface area contributed by atoms with Gasteiger partial charge >= 0.3 is 5.97 Å². The Balaban J connectivity index is 1.99. The predicted octanol–water partition coefficient (Wildman–Crippen LogP) is 0.709. The van der Waals surface area contributed by atoms with Gasteiger partial charge in [0.25, 0.3) is 0 Å². The Hall–Kier alpha value is -1.79. The normalized spacial score (nSPS) is 20.2. The first-order chi connectivity index (χ1) is 9.08. The van der Waals surface area contributed by atoms with Crippen LogP contribution in [0.15, 0.2) is 18.2 Å². The third-order valence-corrected chi connectivity index (χ3v) is 3.20. The number of nitrogens with two attached hydrogens (primary N) is 1. The fourth-order valence-corrected chi connectivity index (χ4v) is 2.12. The van der Waals surface area contributed by atoms with Crippen LogP contribution in [0.3, 0.4) is 0 Å². The lowest BCUT2D eigenvalue weighted by Crippen LogP contribution is -2.43. The first-order valence-electron chi connectivity index (χ1n) is 6.23. The average molecular weight is 265 g/mol. The number of rotatable bonds is 4. The lowest BCUT2D eigenvalue weighted by molar-refractivity contribution is -0.0117. The average Bonchev–Trinajstić information content (AvgIpc) is 2.37. The second kappa shape index (κ2) is 5.90. The van der Waals surface area contributed by atoms with E-state index < -0.39 is 5.97 Å². The van der Waals surface area contributed by atoms with E-state index in [1.54, 1.807) is 12.1 Å². The van der Waals surface area contributed by atoms with E-state index in [2.05, 4.69) is 17.3 Å².